The molecule has 2 amide bonds. The topological polar surface area (TPSA) is 58.2 Å². The first-order valence-electron chi connectivity index (χ1n) is 3.95. The quantitative estimate of drug-likeness (QED) is 0.589. The van der Waals surface area contributed by atoms with Crippen LogP contribution in [0.15, 0.2) is 0 Å². The average Bonchev–Trinajstić information content (AvgIpc) is 2.45. The fourth-order valence-electron chi connectivity index (χ4n) is 1.29. The third-order valence-electron chi connectivity index (χ3n) is 2.06. The molecule has 1 heterocycles. The van der Waals surface area contributed by atoms with E-state index in [9.17, 15) is 22.8 Å². The van der Waals surface area contributed by atoms with Gasteiger partial charge in [-0.1, -0.05) is 0 Å². The molecule has 0 aliphatic carbocycles. The lowest BCUT2D eigenvalue weighted by Crippen LogP contribution is -2.39. The van der Waals surface area contributed by atoms with Crippen molar-refractivity contribution in [1.82, 2.24) is 10.6 Å². The Morgan fingerprint density at radius 2 is 2.14 bits per heavy atom. The van der Waals surface area contributed by atoms with Crippen LogP contribution >= 0.6 is 0 Å². The molecule has 80 valence electrons. The van der Waals surface area contributed by atoms with Crippen LogP contribution < -0.4 is 10.6 Å². The molecule has 0 aromatic heterocycles. The highest BCUT2D eigenvalue weighted by Gasteiger charge is 2.49. The first kappa shape index (κ1) is 10.8. The van der Waals surface area contributed by atoms with Crippen LogP contribution in [0.1, 0.15) is 6.42 Å². The van der Waals surface area contributed by atoms with Crippen LogP contribution in [0.2, 0.25) is 0 Å². The maximum atomic E-state index is 12.1. The Labute approximate surface area is 77.8 Å². The maximum Gasteiger partial charge on any atom is 0.408 e. The zero-order valence-corrected chi connectivity index (χ0v) is 7.31. The van der Waals surface area contributed by atoms with E-state index in [1.165, 1.54) is 7.05 Å². The van der Waals surface area contributed by atoms with E-state index in [0.717, 1.165) is 0 Å². The smallest absolute Gasteiger partial charge is 0.358 e. The molecular formula is C7H9F3N2O2. The average molecular weight is 210 g/mol. The summed E-state index contributed by atoms with van der Waals surface area (Å²) in [5.74, 6) is -2.78. The van der Waals surface area contributed by atoms with Crippen molar-refractivity contribution < 1.29 is 22.8 Å². The molecular weight excluding hydrogens is 201 g/mol. The van der Waals surface area contributed by atoms with Gasteiger partial charge in [-0.25, -0.2) is 0 Å². The summed E-state index contributed by atoms with van der Waals surface area (Å²) >= 11 is 0. The van der Waals surface area contributed by atoms with Gasteiger partial charge in [0.15, 0.2) is 0 Å². The number of rotatable bonds is 1. The first-order chi connectivity index (χ1) is 6.36. The molecule has 1 aliphatic heterocycles. The SMILES string of the molecule is CNC(=O)C1CC(C(F)(F)F)NC1=O. The van der Waals surface area contributed by atoms with Crippen LogP contribution in [0.3, 0.4) is 0 Å². The lowest BCUT2D eigenvalue weighted by molar-refractivity contribution is -0.155. The van der Waals surface area contributed by atoms with Gasteiger partial charge in [-0.05, 0) is 6.42 Å². The molecule has 0 spiro atoms. The van der Waals surface area contributed by atoms with Gasteiger partial charge in [-0.3, -0.25) is 9.59 Å². The number of carbonyl (C=O) groups excluding carboxylic acids is 2. The van der Waals surface area contributed by atoms with Crippen molar-refractivity contribution in [3.8, 4) is 0 Å². The minimum absolute atomic E-state index is 0.526. The minimum Gasteiger partial charge on any atom is -0.358 e. The molecule has 0 bridgehead atoms. The molecule has 1 saturated heterocycles. The molecule has 7 heteroatoms. The summed E-state index contributed by atoms with van der Waals surface area (Å²) < 4.78 is 36.4. The number of amides is 2. The van der Waals surface area contributed by atoms with Crippen LogP contribution in [0, 0.1) is 5.92 Å². The first-order valence-corrected chi connectivity index (χ1v) is 3.95. The van der Waals surface area contributed by atoms with Gasteiger partial charge >= 0.3 is 6.18 Å². The van der Waals surface area contributed by atoms with Crippen LogP contribution in [-0.2, 0) is 9.59 Å². The second-order valence-electron chi connectivity index (χ2n) is 3.01. The fraction of sp³-hybridized carbons (Fsp3) is 0.714. The van der Waals surface area contributed by atoms with E-state index in [0.29, 0.717) is 0 Å². The number of hydrogen-bond acceptors (Lipinski definition) is 2. The zero-order valence-electron chi connectivity index (χ0n) is 7.31. The summed E-state index contributed by atoms with van der Waals surface area (Å²) in [4.78, 5) is 21.9. The number of carbonyl (C=O) groups is 2. The van der Waals surface area contributed by atoms with Gasteiger partial charge in [0.1, 0.15) is 12.0 Å². The molecule has 2 unspecified atom stereocenters. The normalized spacial score (nSPS) is 27.3. The van der Waals surface area contributed by atoms with Gasteiger partial charge in [0.2, 0.25) is 11.8 Å². The third kappa shape index (κ3) is 1.97. The van der Waals surface area contributed by atoms with E-state index in [1.807, 2.05) is 0 Å². The van der Waals surface area contributed by atoms with Gasteiger partial charge in [-0.2, -0.15) is 13.2 Å². The fourth-order valence-corrected chi connectivity index (χ4v) is 1.29. The highest BCUT2D eigenvalue weighted by molar-refractivity contribution is 6.01. The molecule has 1 fully saturated rings. The van der Waals surface area contributed by atoms with E-state index >= 15 is 0 Å². The second kappa shape index (κ2) is 3.47. The molecule has 14 heavy (non-hydrogen) atoms. The molecule has 1 aliphatic rings. The third-order valence-corrected chi connectivity index (χ3v) is 2.06. The summed E-state index contributed by atoms with van der Waals surface area (Å²) in [6, 6.07) is -1.91. The van der Waals surface area contributed by atoms with Crippen molar-refractivity contribution in [3.05, 3.63) is 0 Å². The zero-order chi connectivity index (χ0) is 10.9. The van der Waals surface area contributed by atoms with Crippen molar-refractivity contribution in [2.75, 3.05) is 7.05 Å². The maximum absolute atomic E-state index is 12.1. The predicted octanol–water partition coefficient (Wildman–Crippen LogP) is -0.201. The standard InChI is InChI=1S/C7H9F3N2O2/c1-11-5(13)3-2-4(7(8,9)10)12-6(3)14/h3-4H,2H2,1H3,(H,11,13)(H,12,14). The van der Waals surface area contributed by atoms with E-state index < -0.39 is 36.4 Å². The Bertz CT molecular complexity index is 264. The molecule has 4 nitrogen and oxygen atoms in total. The Morgan fingerprint density at radius 3 is 2.50 bits per heavy atom. The van der Waals surface area contributed by atoms with Crippen molar-refractivity contribution in [3.63, 3.8) is 0 Å². The molecule has 2 atom stereocenters. The summed E-state index contributed by atoms with van der Waals surface area (Å²) in [6.07, 6.45) is -5.01. The summed E-state index contributed by atoms with van der Waals surface area (Å²) in [5.41, 5.74) is 0. The highest BCUT2D eigenvalue weighted by atomic mass is 19.4. The summed E-state index contributed by atoms with van der Waals surface area (Å²) in [6.45, 7) is 0. The molecule has 2 N–H and O–H groups in total. The highest BCUT2D eigenvalue weighted by Crippen LogP contribution is 2.29. The van der Waals surface area contributed by atoms with Crippen molar-refractivity contribution >= 4 is 11.8 Å². The van der Waals surface area contributed by atoms with Crippen molar-refractivity contribution in [2.45, 2.75) is 18.6 Å². The Morgan fingerprint density at radius 1 is 1.57 bits per heavy atom. The van der Waals surface area contributed by atoms with Crippen LogP contribution in [-0.4, -0.2) is 31.1 Å². The van der Waals surface area contributed by atoms with Gasteiger partial charge in [-0.15, -0.1) is 0 Å². The van der Waals surface area contributed by atoms with Crippen LogP contribution in [0.5, 0.6) is 0 Å². The van der Waals surface area contributed by atoms with Crippen LogP contribution in [0.4, 0.5) is 13.2 Å². The molecule has 1 rings (SSSR count). The second-order valence-corrected chi connectivity index (χ2v) is 3.01. The monoisotopic (exact) mass is 210 g/mol. The number of halogens is 3. The predicted molar refractivity (Wildman–Crippen MR) is 40.2 cm³/mol. The van der Waals surface area contributed by atoms with Gasteiger partial charge in [0.05, 0.1) is 0 Å². The largest absolute Gasteiger partial charge is 0.408 e. The molecule has 0 aromatic carbocycles. The summed E-state index contributed by atoms with van der Waals surface area (Å²) in [5, 5.41) is 3.88. The Hall–Kier alpha value is -1.27. The van der Waals surface area contributed by atoms with E-state index in [2.05, 4.69) is 5.32 Å². The van der Waals surface area contributed by atoms with E-state index in [1.54, 1.807) is 5.32 Å². The van der Waals surface area contributed by atoms with E-state index in [4.69, 9.17) is 0 Å². The van der Waals surface area contributed by atoms with Gasteiger partial charge in [0, 0.05) is 7.05 Å². The number of nitrogens with one attached hydrogen (secondary N) is 2. The molecule has 0 aromatic rings. The lowest BCUT2D eigenvalue weighted by Gasteiger charge is -2.13. The van der Waals surface area contributed by atoms with Crippen molar-refractivity contribution in [2.24, 2.45) is 5.92 Å². The minimum atomic E-state index is -4.49. The van der Waals surface area contributed by atoms with Crippen LogP contribution in [0.25, 0.3) is 0 Å². The number of alkyl halides is 3. The van der Waals surface area contributed by atoms with Gasteiger partial charge < -0.3 is 10.6 Å². The summed E-state index contributed by atoms with van der Waals surface area (Å²) in [7, 11) is 1.27. The molecule has 0 radical (unpaired) electrons. The van der Waals surface area contributed by atoms with Gasteiger partial charge in [0.25, 0.3) is 0 Å². The molecule has 0 saturated carbocycles. The number of hydrogen-bond donors (Lipinski definition) is 2. The Balaban J connectivity index is 2.70. The Kier molecular flexibility index (Phi) is 2.68. The van der Waals surface area contributed by atoms with Crippen molar-refractivity contribution in [1.29, 1.82) is 0 Å². The van der Waals surface area contributed by atoms with E-state index in [-0.39, 0.29) is 0 Å². The lowest BCUT2D eigenvalue weighted by atomic mass is 10.0.